The number of β-amino-alcohol motifs (C(OH)–C–C–N with tert-alkyl or cyclic N) is 1. The van der Waals surface area contributed by atoms with E-state index in [1.807, 2.05) is 0 Å². The summed E-state index contributed by atoms with van der Waals surface area (Å²) < 4.78 is 10.9. The van der Waals surface area contributed by atoms with E-state index in [-0.39, 0.29) is 36.7 Å². The van der Waals surface area contributed by atoms with Gasteiger partial charge in [-0.2, -0.15) is 0 Å². The zero-order valence-corrected chi connectivity index (χ0v) is 18.0. The number of aliphatic hydroxyl groups excluding tert-OH is 1. The molecule has 9 heteroatoms. The van der Waals surface area contributed by atoms with Gasteiger partial charge in [-0.25, -0.2) is 4.79 Å². The summed E-state index contributed by atoms with van der Waals surface area (Å²) in [5.74, 6) is -0.601. The number of aliphatic hydroxyl groups is 1. The average molecular weight is 477 g/mol. The van der Waals surface area contributed by atoms with E-state index in [2.05, 4.69) is 21.2 Å². The maximum absolute atomic E-state index is 12.9. The number of esters is 1. The third kappa shape index (κ3) is 3.99. The Labute approximate surface area is 181 Å². The predicted octanol–water partition coefficient (Wildman–Crippen LogP) is 2.50. The minimum absolute atomic E-state index is 0.0158. The van der Waals surface area contributed by atoms with Crippen molar-refractivity contribution in [1.82, 2.24) is 4.90 Å². The highest BCUT2D eigenvalue weighted by atomic mass is 79.9. The van der Waals surface area contributed by atoms with Crippen LogP contribution in [-0.2, 0) is 14.3 Å². The van der Waals surface area contributed by atoms with Crippen LogP contribution in [0.4, 0.5) is 5.69 Å². The van der Waals surface area contributed by atoms with E-state index in [1.54, 1.807) is 36.4 Å². The highest BCUT2D eigenvalue weighted by Gasteiger charge is 2.35. The van der Waals surface area contributed by atoms with Crippen molar-refractivity contribution in [3.63, 3.8) is 0 Å². The Balaban J connectivity index is 2.17. The lowest BCUT2D eigenvalue weighted by molar-refractivity contribution is -0.136. The molecule has 3 rings (SSSR count). The van der Waals surface area contributed by atoms with Gasteiger partial charge in [-0.05, 0) is 34.1 Å². The second-order valence-corrected chi connectivity index (χ2v) is 7.29. The highest BCUT2D eigenvalue weighted by molar-refractivity contribution is 9.10. The number of methoxy groups -OCH3 is 2. The maximum Gasteiger partial charge on any atom is 0.337 e. The van der Waals surface area contributed by atoms with Crippen LogP contribution in [0.15, 0.2) is 52.1 Å². The standard InChI is InChI=1S/C21H21BrN2O6/c1-29-16-8-7-14(22)19(17(16)12-5-3-4-6-15(12)26)23-18-13(21(28)30-2)11-24(9-10-25)20(18)27/h3-8,23,25-26H,9-11H2,1-2H3. The summed E-state index contributed by atoms with van der Waals surface area (Å²) in [6, 6.07) is 10.2. The summed E-state index contributed by atoms with van der Waals surface area (Å²) in [6.07, 6.45) is 0. The first-order chi connectivity index (χ1) is 14.4. The molecular weight excluding hydrogens is 456 g/mol. The van der Waals surface area contributed by atoms with Gasteiger partial charge in [-0.3, -0.25) is 4.79 Å². The molecule has 158 valence electrons. The number of phenols is 1. The predicted molar refractivity (Wildman–Crippen MR) is 114 cm³/mol. The first kappa shape index (κ1) is 21.7. The summed E-state index contributed by atoms with van der Waals surface area (Å²) in [7, 11) is 2.74. The number of para-hydroxylation sites is 1. The zero-order chi connectivity index (χ0) is 21.8. The van der Waals surface area contributed by atoms with E-state index < -0.39 is 11.9 Å². The molecule has 3 N–H and O–H groups in total. The monoisotopic (exact) mass is 476 g/mol. The van der Waals surface area contributed by atoms with Gasteiger partial charge in [0.15, 0.2) is 0 Å². The van der Waals surface area contributed by atoms with Gasteiger partial charge in [0.25, 0.3) is 5.91 Å². The lowest BCUT2D eigenvalue weighted by Crippen LogP contribution is -2.31. The number of anilines is 1. The van der Waals surface area contributed by atoms with Crippen LogP contribution >= 0.6 is 15.9 Å². The molecule has 0 unspecified atom stereocenters. The number of hydrogen-bond acceptors (Lipinski definition) is 7. The van der Waals surface area contributed by atoms with Crippen molar-refractivity contribution < 1.29 is 29.3 Å². The van der Waals surface area contributed by atoms with Crippen molar-refractivity contribution in [3.8, 4) is 22.6 Å². The number of hydrogen-bond donors (Lipinski definition) is 3. The molecule has 0 aliphatic carbocycles. The van der Waals surface area contributed by atoms with Gasteiger partial charge in [0.05, 0.1) is 44.2 Å². The molecule has 2 aromatic carbocycles. The molecular formula is C21H21BrN2O6. The largest absolute Gasteiger partial charge is 0.507 e. The number of amides is 1. The molecule has 0 aromatic heterocycles. The molecule has 0 radical (unpaired) electrons. The Hall–Kier alpha value is -3.04. The van der Waals surface area contributed by atoms with E-state index in [9.17, 15) is 19.8 Å². The van der Waals surface area contributed by atoms with Gasteiger partial charge in [0, 0.05) is 16.6 Å². The second-order valence-electron chi connectivity index (χ2n) is 6.44. The number of nitrogens with zero attached hydrogens (tertiary/aromatic N) is 1. The van der Waals surface area contributed by atoms with Crippen molar-refractivity contribution in [2.24, 2.45) is 0 Å². The summed E-state index contributed by atoms with van der Waals surface area (Å²) in [6.45, 7) is -0.141. The molecule has 0 atom stereocenters. The van der Waals surface area contributed by atoms with Crippen LogP contribution in [0.1, 0.15) is 0 Å². The fourth-order valence-corrected chi connectivity index (χ4v) is 3.71. The SMILES string of the molecule is COC(=O)C1=C(Nc2c(Br)ccc(OC)c2-c2ccccc2O)C(=O)N(CCO)C1. The molecule has 1 aliphatic heterocycles. The van der Waals surface area contributed by atoms with Gasteiger partial charge in [-0.15, -0.1) is 0 Å². The van der Waals surface area contributed by atoms with E-state index >= 15 is 0 Å². The Bertz CT molecular complexity index is 1020. The van der Waals surface area contributed by atoms with Crippen molar-refractivity contribution in [2.45, 2.75) is 0 Å². The Morgan fingerprint density at radius 3 is 2.60 bits per heavy atom. The number of ether oxygens (including phenoxy) is 2. The number of phenolic OH excluding ortho intramolecular Hbond substituents is 1. The average Bonchev–Trinajstić information content (AvgIpc) is 3.05. The van der Waals surface area contributed by atoms with Crippen LogP contribution in [0.5, 0.6) is 11.5 Å². The zero-order valence-electron chi connectivity index (χ0n) is 16.4. The van der Waals surface area contributed by atoms with E-state index in [4.69, 9.17) is 9.47 Å². The number of nitrogens with one attached hydrogen (secondary N) is 1. The Morgan fingerprint density at radius 2 is 1.97 bits per heavy atom. The summed E-state index contributed by atoms with van der Waals surface area (Å²) in [5, 5.41) is 22.7. The Morgan fingerprint density at radius 1 is 1.23 bits per heavy atom. The molecule has 1 amide bonds. The third-order valence-electron chi connectivity index (χ3n) is 4.71. The van der Waals surface area contributed by atoms with Gasteiger partial charge >= 0.3 is 5.97 Å². The van der Waals surface area contributed by atoms with Crippen molar-refractivity contribution in [2.75, 3.05) is 39.2 Å². The van der Waals surface area contributed by atoms with Crippen molar-refractivity contribution >= 4 is 33.5 Å². The number of carbonyl (C=O) groups is 2. The lowest BCUT2D eigenvalue weighted by atomic mass is 10.0. The quantitative estimate of drug-likeness (QED) is 0.526. The van der Waals surface area contributed by atoms with Crippen LogP contribution in [0, 0.1) is 0 Å². The fraction of sp³-hybridized carbons (Fsp3) is 0.238. The van der Waals surface area contributed by atoms with Gasteiger partial charge in [0.1, 0.15) is 17.2 Å². The first-order valence-electron chi connectivity index (χ1n) is 9.06. The second kappa shape index (κ2) is 9.19. The lowest BCUT2D eigenvalue weighted by Gasteiger charge is -2.19. The number of aromatic hydroxyl groups is 1. The molecule has 0 saturated carbocycles. The van der Waals surface area contributed by atoms with E-state index in [0.29, 0.717) is 27.0 Å². The van der Waals surface area contributed by atoms with Crippen LogP contribution in [0.25, 0.3) is 11.1 Å². The van der Waals surface area contributed by atoms with Crippen LogP contribution < -0.4 is 10.1 Å². The first-order valence-corrected chi connectivity index (χ1v) is 9.85. The number of carbonyl (C=O) groups excluding carboxylic acids is 2. The van der Waals surface area contributed by atoms with Gasteiger partial charge in [-0.1, -0.05) is 18.2 Å². The number of rotatable bonds is 7. The van der Waals surface area contributed by atoms with Crippen molar-refractivity contribution in [1.29, 1.82) is 0 Å². The minimum Gasteiger partial charge on any atom is -0.507 e. The van der Waals surface area contributed by atoms with Gasteiger partial charge < -0.3 is 29.9 Å². The molecule has 1 aliphatic rings. The van der Waals surface area contributed by atoms with Crippen LogP contribution in [0.3, 0.4) is 0 Å². The third-order valence-corrected chi connectivity index (χ3v) is 5.37. The maximum atomic E-state index is 12.9. The highest BCUT2D eigenvalue weighted by Crippen LogP contribution is 2.45. The van der Waals surface area contributed by atoms with Crippen molar-refractivity contribution in [3.05, 3.63) is 52.1 Å². The number of benzene rings is 2. The molecule has 0 fully saturated rings. The van der Waals surface area contributed by atoms with Crippen LogP contribution in [-0.4, -0.2) is 60.9 Å². The Kier molecular flexibility index (Phi) is 6.63. The molecule has 30 heavy (non-hydrogen) atoms. The minimum atomic E-state index is -0.644. The normalized spacial score (nSPS) is 13.6. The van der Waals surface area contributed by atoms with Gasteiger partial charge in [0.2, 0.25) is 0 Å². The topological polar surface area (TPSA) is 108 Å². The molecule has 0 spiro atoms. The number of halogens is 1. The summed E-state index contributed by atoms with van der Waals surface area (Å²) in [5.41, 5.74) is 1.62. The fourth-order valence-electron chi connectivity index (χ4n) is 3.28. The molecule has 8 nitrogen and oxygen atoms in total. The smallest absolute Gasteiger partial charge is 0.337 e. The molecule has 0 bridgehead atoms. The van der Waals surface area contributed by atoms with Crippen LogP contribution in [0.2, 0.25) is 0 Å². The summed E-state index contributed by atoms with van der Waals surface area (Å²) >= 11 is 3.48. The molecule has 1 heterocycles. The molecule has 0 saturated heterocycles. The van der Waals surface area contributed by atoms with E-state index in [0.717, 1.165) is 0 Å². The summed E-state index contributed by atoms with van der Waals surface area (Å²) in [4.78, 5) is 26.5. The van der Waals surface area contributed by atoms with E-state index in [1.165, 1.54) is 19.1 Å². The molecule has 2 aromatic rings.